The summed E-state index contributed by atoms with van der Waals surface area (Å²) in [4.78, 5) is 0. The van der Waals surface area contributed by atoms with E-state index in [-0.39, 0.29) is 6.04 Å². The highest BCUT2D eigenvalue weighted by atomic mass is 16.5. The second-order valence-electron chi connectivity index (χ2n) is 4.58. The smallest absolute Gasteiger partial charge is 0.203 e. The van der Waals surface area contributed by atoms with Crippen LogP contribution < -0.4 is 19.9 Å². The number of hydrogen-bond acceptors (Lipinski definition) is 4. The van der Waals surface area contributed by atoms with Gasteiger partial charge in [0.05, 0.1) is 14.2 Å². The fourth-order valence-electron chi connectivity index (χ4n) is 1.87. The predicted molar refractivity (Wildman–Crippen MR) is 81.8 cm³/mol. The van der Waals surface area contributed by atoms with Gasteiger partial charge in [-0.3, -0.25) is 0 Å². The molecule has 4 heteroatoms. The Morgan fingerprint density at radius 2 is 1.80 bits per heavy atom. The molecule has 1 aromatic carbocycles. The van der Waals surface area contributed by atoms with Crippen molar-refractivity contribution in [3.8, 4) is 17.2 Å². The lowest BCUT2D eigenvalue weighted by Gasteiger charge is -2.16. The zero-order valence-corrected chi connectivity index (χ0v) is 12.8. The molecule has 0 bridgehead atoms. The van der Waals surface area contributed by atoms with Crippen LogP contribution in [0.1, 0.15) is 25.8 Å². The van der Waals surface area contributed by atoms with Crippen LogP contribution in [0.2, 0.25) is 0 Å². The maximum Gasteiger partial charge on any atom is 0.203 e. The summed E-state index contributed by atoms with van der Waals surface area (Å²) in [6, 6.07) is 4.06. The van der Waals surface area contributed by atoms with Crippen molar-refractivity contribution in [2.45, 2.75) is 32.7 Å². The third-order valence-corrected chi connectivity index (χ3v) is 3.10. The molecule has 0 aliphatic heterocycles. The highest BCUT2D eigenvalue weighted by Crippen LogP contribution is 2.38. The largest absolute Gasteiger partial charge is 0.493 e. The minimum absolute atomic E-state index is 0.138. The van der Waals surface area contributed by atoms with Crippen LogP contribution in [0.4, 0.5) is 0 Å². The second-order valence-corrected chi connectivity index (χ2v) is 4.58. The molecule has 20 heavy (non-hydrogen) atoms. The normalized spacial score (nSPS) is 12.4. The summed E-state index contributed by atoms with van der Waals surface area (Å²) in [5, 5.41) is 0. The van der Waals surface area contributed by atoms with Crippen LogP contribution in [-0.2, 0) is 6.42 Å². The summed E-state index contributed by atoms with van der Waals surface area (Å²) >= 11 is 0. The monoisotopic (exact) mass is 279 g/mol. The van der Waals surface area contributed by atoms with Crippen LogP contribution in [0.5, 0.6) is 17.2 Å². The van der Waals surface area contributed by atoms with Gasteiger partial charge in [-0.05, 0) is 37.5 Å². The first-order chi connectivity index (χ1) is 9.65. The van der Waals surface area contributed by atoms with Crippen molar-refractivity contribution >= 4 is 0 Å². The van der Waals surface area contributed by atoms with Crippen LogP contribution in [0.15, 0.2) is 24.3 Å². The molecular weight excluding hydrogens is 254 g/mol. The molecular formula is C16H25NO3. The van der Waals surface area contributed by atoms with Crippen LogP contribution in [0.3, 0.4) is 0 Å². The van der Waals surface area contributed by atoms with E-state index in [1.54, 1.807) is 14.2 Å². The number of nitrogens with two attached hydrogens (primary N) is 1. The summed E-state index contributed by atoms with van der Waals surface area (Å²) in [7, 11) is 3.25. The molecule has 0 aromatic heterocycles. The fraction of sp³-hybridized carbons (Fsp3) is 0.500. The first-order valence-corrected chi connectivity index (χ1v) is 6.90. The minimum atomic E-state index is 0.138. The van der Waals surface area contributed by atoms with Crippen molar-refractivity contribution in [1.29, 1.82) is 0 Å². The molecule has 0 saturated heterocycles. The van der Waals surface area contributed by atoms with Gasteiger partial charge >= 0.3 is 0 Å². The van der Waals surface area contributed by atoms with Gasteiger partial charge in [-0.15, -0.1) is 0 Å². The molecule has 0 heterocycles. The van der Waals surface area contributed by atoms with Gasteiger partial charge in [0.2, 0.25) is 5.75 Å². The Bertz CT molecular complexity index is 418. The molecule has 0 aliphatic carbocycles. The van der Waals surface area contributed by atoms with Crippen molar-refractivity contribution in [2.24, 2.45) is 5.73 Å². The zero-order chi connectivity index (χ0) is 15.0. The lowest BCUT2D eigenvalue weighted by molar-refractivity contribution is 0.300. The van der Waals surface area contributed by atoms with Crippen molar-refractivity contribution in [3.63, 3.8) is 0 Å². The Morgan fingerprint density at radius 1 is 1.20 bits per heavy atom. The van der Waals surface area contributed by atoms with Gasteiger partial charge in [0.25, 0.3) is 0 Å². The Labute approximate surface area is 121 Å². The molecule has 0 saturated carbocycles. The number of rotatable bonds is 8. The summed E-state index contributed by atoms with van der Waals surface area (Å²) in [5.74, 6) is 1.97. The Balaban J connectivity index is 3.04. The Kier molecular flexibility index (Phi) is 6.94. The Hall–Kier alpha value is -1.68. The predicted octanol–water partition coefficient (Wildman–Crippen LogP) is 2.94. The molecule has 0 fully saturated rings. The molecule has 4 nitrogen and oxygen atoms in total. The summed E-state index contributed by atoms with van der Waals surface area (Å²) in [5.41, 5.74) is 7.09. The molecule has 0 spiro atoms. The van der Waals surface area contributed by atoms with E-state index >= 15 is 0 Å². The van der Waals surface area contributed by atoms with Gasteiger partial charge in [-0.25, -0.2) is 0 Å². The third kappa shape index (κ3) is 4.46. The fourth-order valence-corrected chi connectivity index (χ4v) is 1.87. The third-order valence-electron chi connectivity index (χ3n) is 3.10. The van der Waals surface area contributed by atoms with Crippen LogP contribution in [0, 0.1) is 0 Å². The van der Waals surface area contributed by atoms with E-state index in [1.807, 2.05) is 31.2 Å². The lowest BCUT2D eigenvalue weighted by Crippen LogP contribution is -2.21. The van der Waals surface area contributed by atoms with Gasteiger partial charge < -0.3 is 19.9 Å². The van der Waals surface area contributed by atoms with Gasteiger partial charge in [0.1, 0.15) is 6.61 Å². The highest BCUT2D eigenvalue weighted by Gasteiger charge is 2.15. The van der Waals surface area contributed by atoms with Crippen molar-refractivity contribution in [3.05, 3.63) is 29.8 Å². The molecule has 2 N–H and O–H groups in total. The number of allylic oxidation sites excluding steroid dienone is 1. The van der Waals surface area contributed by atoms with Gasteiger partial charge in [0.15, 0.2) is 11.5 Å². The Morgan fingerprint density at radius 3 is 2.25 bits per heavy atom. The standard InChI is InChI=1S/C16H25NO3/c1-5-7-8-20-16-14(18-3)10-12(9-13(17)6-2)11-15(16)19-4/h5,7,10-11,13H,6,8-9,17H2,1-4H3/b7-5+. The van der Waals surface area contributed by atoms with E-state index in [4.69, 9.17) is 19.9 Å². The average Bonchev–Trinajstić information content (AvgIpc) is 2.47. The lowest BCUT2D eigenvalue weighted by atomic mass is 10.0. The van der Waals surface area contributed by atoms with Gasteiger partial charge in [-0.2, -0.15) is 0 Å². The molecule has 0 aliphatic rings. The summed E-state index contributed by atoms with van der Waals surface area (Å²) in [6.07, 6.45) is 5.59. The number of ether oxygens (including phenoxy) is 3. The maximum atomic E-state index is 6.00. The molecule has 0 radical (unpaired) electrons. The molecule has 0 amide bonds. The van der Waals surface area contributed by atoms with E-state index < -0.39 is 0 Å². The minimum Gasteiger partial charge on any atom is -0.493 e. The van der Waals surface area contributed by atoms with Gasteiger partial charge in [0, 0.05) is 6.04 Å². The average molecular weight is 279 g/mol. The highest BCUT2D eigenvalue weighted by molar-refractivity contribution is 5.54. The molecule has 1 unspecified atom stereocenters. The molecule has 1 atom stereocenters. The van der Waals surface area contributed by atoms with E-state index in [0.29, 0.717) is 23.9 Å². The van der Waals surface area contributed by atoms with E-state index in [1.165, 1.54) is 0 Å². The molecule has 112 valence electrons. The SMILES string of the molecule is C/C=C/COc1c(OC)cc(CC(N)CC)cc1OC. The summed E-state index contributed by atoms with van der Waals surface area (Å²) in [6.45, 7) is 4.51. The second kappa shape index (κ2) is 8.48. The number of hydrogen-bond donors (Lipinski definition) is 1. The van der Waals surface area contributed by atoms with Crippen LogP contribution in [0.25, 0.3) is 0 Å². The molecule has 1 rings (SSSR count). The van der Waals surface area contributed by atoms with E-state index in [0.717, 1.165) is 18.4 Å². The van der Waals surface area contributed by atoms with Crippen LogP contribution in [-0.4, -0.2) is 26.9 Å². The number of benzene rings is 1. The van der Waals surface area contributed by atoms with Crippen molar-refractivity contribution < 1.29 is 14.2 Å². The number of methoxy groups -OCH3 is 2. The first kappa shape index (κ1) is 16.4. The van der Waals surface area contributed by atoms with Crippen molar-refractivity contribution in [1.82, 2.24) is 0 Å². The van der Waals surface area contributed by atoms with E-state index in [2.05, 4.69) is 6.92 Å². The summed E-state index contributed by atoms with van der Waals surface area (Å²) < 4.78 is 16.5. The van der Waals surface area contributed by atoms with Crippen LogP contribution >= 0.6 is 0 Å². The van der Waals surface area contributed by atoms with Gasteiger partial charge in [-0.1, -0.05) is 19.1 Å². The molecule has 1 aromatic rings. The topological polar surface area (TPSA) is 53.7 Å². The first-order valence-electron chi connectivity index (χ1n) is 6.90. The quantitative estimate of drug-likeness (QED) is 0.743. The van der Waals surface area contributed by atoms with Crippen molar-refractivity contribution in [2.75, 3.05) is 20.8 Å². The van der Waals surface area contributed by atoms with E-state index in [9.17, 15) is 0 Å². The maximum absolute atomic E-state index is 6.00. The zero-order valence-electron chi connectivity index (χ0n) is 12.8.